The Bertz CT molecular complexity index is 383. The molecule has 0 radical (unpaired) electrons. The van der Waals surface area contributed by atoms with Gasteiger partial charge in [0, 0.05) is 23.9 Å². The van der Waals surface area contributed by atoms with Gasteiger partial charge in [0.15, 0.2) is 0 Å². The third kappa shape index (κ3) is 4.01. The zero-order valence-electron chi connectivity index (χ0n) is 12.5. The van der Waals surface area contributed by atoms with Gasteiger partial charge < -0.3 is 10.1 Å². The first-order valence-electron chi connectivity index (χ1n) is 7.37. The fourth-order valence-corrected chi connectivity index (χ4v) is 3.64. The third-order valence-corrected chi connectivity index (χ3v) is 4.52. The van der Waals surface area contributed by atoms with Crippen LogP contribution in [0, 0.1) is 5.92 Å². The minimum atomic E-state index is 0.345. The Morgan fingerprint density at radius 2 is 2.16 bits per heavy atom. The Labute approximate surface area is 120 Å². The predicted octanol–water partition coefficient (Wildman–Crippen LogP) is 3.73. The van der Waals surface area contributed by atoms with Crippen molar-refractivity contribution in [2.75, 3.05) is 13.2 Å². The molecular formula is C15H26N2OS. The molecule has 3 nitrogen and oxygen atoms in total. The van der Waals surface area contributed by atoms with Gasteiger partial charge in [-0.1, -0.05) is 27.7 Å². The summed E-state index contributed by atoms with van der Waals surface area (Å²) in [6.07, 6.45) is 2.41. The number of nitrogens with zero attached hydrogens (tertiary/aromatic N) is 1. The Kier molecular flexibility index (Phi) is 5.37. The van der Waals surface area contributed by atoms with Gasteiger partial charge in [-0.05, 0) is 18.8 Å². The largest absolute Gasteiger partial charge is 0.381 e. The van der Waals surface area contributed by atoms with E-state index in [2.05, 4.69) is 38.4 Å². The van der Waals surface area contributed by atoms with Crippen LogP contribution in [0.15, 0.2) is 5.38 Å². The van der Waals surface area contributed by atoms with E-state index >= 15 is 0 Å². The van der Waals surface area contributed by atoms with Gasteiger partial charge in [-0.25, -0.2) is 4.98 Å². The first kappa shape index (κ1) is 14.9. The lowest BCUT2D eigenvalue weighted by atomic mass is 9.93. The molecule has 1 saturated heterocycles. The van der Waals surface area contributed by atoms with Crippen LogP contribution in [0.4, 0.5) is 0 Å². The molecule has 108 valence electrons. The molecule has 0 bridgehead atoms. The van der Waals surface area contributed by atoms with Crippen LogP contribution < -0.4 is 5.32 Å². The molecule has 1 aromatic rings. The second kappa shape index (κ2) is 6.82. The summed E-state index contributed by atoms with van der Waals surface area (Å²) in [6, 6.07) is 0.816. The fraction of sp³-hybridized carbons (Fsp3) is 0.800. The molecule has 1 aliphatic heterocycles. The van der Waals surface area contributed by atoms with Gasteiger partial charge in [0.2, 0.25) is 0 Å². The van der Waals surface area contributed by atoms with Crippen molar-refractivity contribution in [1.82, 2.24) is 10.3 Å². The summed E-state index contributed by atoms with van der Waals surface area (Å²) in [5.74, 6) is 1.06. The van der Waals surface area contributed by atoms with Crippen molar-refractivity contribution in [2.24, 2.45) is 5.92 Å². The van der Waals surface area contributed by atoms with Crippen molar-refractivity contribution in [3.05, 3.63) is 16.1 Å². The molecule has 2 heterocycles. The Morgan fingerprint density at radius 3 is 2.68 bits per heavy atom. The number of nitrogens with one attached hydrogen (secondary N) is 1. The molecule has 2 rings (SSSR count). The van der Waals surface area contributed by atoms with E-state index in [0.29, 0.717) is 23.9 Å². The molecule has 1 fully saturated rings. The molecule has 0 saturated carbocycles. The molecular weight excluding hydrogens is 256 g/mol. The van der Waals surface area contributed by atoms with Crippen molar-refractivity contribution >= 4 is 11.3 Å². The lowest BCUT2D eigenvalue weighted by Crippen LogP contribution is -2.37. The van der Waals surface area contributed by atoms with Gasteiger partial charge in [-0.2, -0.15) is 0 Å². The number of rotatable bonds is 5. The number of thiazole rings is 1. The molecule has 1 aromatic heterocycles. The summed E-state index contributed by atoms with van der Waals surface area (Å²) in [5, 5.41) is 7.12. The van der Waals surface area contributed by atoms with Crippen molar-refractivity contribution < 1.29 is 4.74 Å². The van der Waals surface area contributed by atoms with E-state index in [1.54, 1.807) is 11.3 Å². The van der Waals surface area contributed by atoms with Crippen molar-refractivity contribution in [3.8, 4) is 0 Å². The molecule has 2 atom stereocenters. The van der Waals surface area contributed by atoms with Crippen LogP contribution in [-0.2, 0) is 4.74 Å². The highest BCUT2D eigenvalue weighted by Crippen LogP contribution is 2.32. The van der Waals surface area contributed by atoms with Crippen LogP contribution in [0.3, 0.4) is 0 Å². The first-order valence-corrected chi connectivity index (χ1v) is 8.25. The SMILES string of the molecule is CC(C)NC(c1nc(C(C)C)cs1)C1CCCOC1. The number of aromatic nitrogens is 1. The Morgan fingerprint density at radius 1 is 1.37 bits per heavy atom. The van der Waals surface area contributed by atoms with Crippen LogP contribution in [0.2, 0.25) is 0 Å². The van der Waals surface area contributed by atoms with Crippen molar-refractivity contribution in [3.63, 3.8) is 0 Å². The first-order chi connectivity index (χ1) is 9.08. The van der Waals surface area contributed by atoms with E-state index in [1.165, 1.54) is 23.5 Å². The molecule has 0 aliphatic carbocycles. The predicted molar refractivity (Wildman–Crippen MR) is 80.8 cm³/mol. The van der Waals surface area contributed by atoms with E-state index in [9.17, 15) is 0 Å². The van der Waals surface area contributed by atoms with E-state index in [1.807, 2.05) is 0 Å². The standard InChI is InChI=1S/C15H26N2OS/c1-10(2)13-9-19-15(17-13)14(16-11(3)4)12-6-5-7-18-8-12/h9-12,14,16H,5-8H2,1-4H3. The summed E-state index contributed by atoms with van der Waals surface area (Å²) < 4.78 is 5.66. The molecule has 4 heteroatoms. The zero-order chi connectivity index (χ0) is 13.8. The second-order valence-electron chi connectivity index (χ2n) is 6.04. The average Bonchev–Trinajstić information content (AvgIpc) is 2.86. The molecule has 0 aromatic carbocycles. The smallest absolute Gasteiger partial charge is 0.110 e. The Balaban J connectivity index is 2.15. The van der Waals surface area contributed by atoms with Crippen molar-refractivity contribution in [2.45, 2.75) is 58.5 Å². The molecule has 1 N–H and O–H groups in total. The van der Waals surface area contributed by atoms with Gasteiger partial charge in [0.1, 0.15) is 5.01 Å². The summed E-state index contributed by atoms with van der Waals surface area (Å²) in [4.78, 5) is 4.84. The maximum atomic E-state index is 5.66. The maximum absolute atomic E-state index is 5.66. The van der Waals surface area contributed by atoms with Gasteiger partial charge in [0.25, 0.3) is 0 Å². The van der Waals surface area contributed by atoms with E-state index in [-0.39, 0.29) is 0 Å². The zero-order valence-corrected chi connectivity index (χ0v) is 13.3. The summed E-state index contributed by atoms with van der Waals surface area (Å²) in [5.41, 5.74) is 1.22. The van der Waals surface area contributed by atoms with E-state index < -0.39 is 0 Å². The van der Waals surface area contributed by atoms with Crippen molar-refractivity contribution in [1.29, 1.82) is 0 Å². The molecule has 19 heavy (non-hydrogen) atoms. The lowest BCUT2D eigenvalue weighted by molar-refractivity contribution is 0.0376. The lowest BCUT2D eigenvalue weighted by Gasteiger charge is -2.31. The quantitative estimate of drug-likeness (QED) is 0.893. The highest BCUT2D eigenvalue weighted by molar-refractivity contribution is 7.09. The van der Waals surface area contributed by atoms with E-state index in [0.717, 1.165) is 13.2 Å². The topological polar surface area (TPSA) is 34.2 Å². The van der Waals surface area contributed by atoms with Crippen LogP contribution in [-0.4, -0.2) is 24.2 Å². The molecule has 1 aliphatic rings. The normalized spacial score (nSPS) is 22.1. The van der Waals surface area contributed by atoms with E-state index in [4.69, 9.17) is 9.72 Å². The highest BCUT2D eigenvalue weighted by atomic mass is 32.1. The molecule has 0 amide bonds. The minimum Gasteiger partial charge on any atom is -0.381 e. The van der Waals surface area contributed by atoms with Gasteiger partial charge in [-0.3, -0.25) is 0 Å². The van der Waals surface area contributed by atoms with Gasteiger partial charge >= 0.3 is 0 Å². The average molecular weight is 282 g/mol. The second-order valence-corrected chi connectivity index (χ2v) is 6.93. The summed E-state index contributed by atoms with van der Waals surface area (Å²) in [6.45, 7) is 10.6. The van der Waals surface area contributed by atoms with Crippen LogP contribution in [0.25, 0.3) is 0 Å². The number of ether oxygens (including phenoxy) is 1. The number of hydrogen-bond donors (Lipinski definition) is 1. The maximum Gasteiger partial charge on any atom is 0.110 e. The summed E-state index contributed by atoms with van der Waals surface area (Å²) in [7, 11) is 0. The monoisotopic (exact) mass is 282 g/mol. The Hall–Kier alpha value is -0.450. The minimum absolute atomic E-state index is 0.345. The summed E-state index contributed by atoms with van der Waals surface area (Å²) >= 11 is 1.79. The van der Waals surface area contributed by atoms with Gasteiger partial charge in [0.05, 0.1) is 18.3 Å². The molecule has 2 unspecified atom stereocenters. The highest BCUT2D eigenvalue weighted by Gasteiger charge is 2.28. The van der Waals surface area contributed by atoms with Crippen LogP contribution in [0.5, 0.6) is 0 Å². The van der Waals surface area contributed by atoms with Crippen LogP contribution in [0.1, 0.15) is 63.2 Å². The van der Waals surface area contributed by atoms with Gasteiger partial charge in [-0.15, -0.1) is 11.3 Å². The number of hydrogen-bond acceptors (Lipinski definition) is 4. The fourth-order valence-electron chi connectivity index (χ4n) is 2.51. The third-order valence-electron chi connectivity index (χ3n) is 3.58. The molecule has 0 spiro atoms. The van der Waals surface area contributed by atoms with Crippen LogP contribution >= 0.6 is 11.3 Å².